The minimum Gasteiger partial charge on any atom is -0.445 e. The van der Waals surface area contributed by atoms with Crippen molar-refractivity contribution in [1.29, 1.82) is 0 Å². The summed E-state index contributed by atoms with van der Waals surface area (Å²) in [5.41, 5.74) is 0.603. The largest absolute Gasteiger partial charge is 0.445 e. The van der Waals surface area contributed by atoms with Crippen molar-refractivity contribution in [2.24, 2.45) is 0 Å². The number of furan rings is 1. The minimum atomic E-state index is -0.504. The highest BCUT2D eigenvalue weighted by atomic mass is 16.4. The Kier molecular flexibility index (Phi) is 2.41. The van der Waals surface area contributed by atoms with E-state index in [1.165, 1.54) is 0 Å². The summed E-state index contributed by atoms with van der Waals surface area (Å²) in [6.45, 7) is 3.65. The van der Waals surface area contributed by atoms with Crippen LogP contribution in [0, 0.1) is 13.8 Å². The summed E-state index contributed by atoms with van der Waals surface area (Å²) in [4.78, 5) is 27.1. The average molecular weight is 256 g/mol. The van der Waals surface area contributed by atoms with E-state index in [2.05, 4.69) is 4.98 Å². The molecule has 0 bridgehead atoms. The molecule has 0 unspecified atom stereocenters. The molecule has 0 amide bonds. The molecule has 0 fully saturated rings. The number of rotatable bonds is 1. The SMILES string of the molecule is Cc1ccc2[nH]c(=O)n(-c3ccc(C)o3)c(=O)c2c1. The third-order valence-electron chi connectivity index (χ3n) is 3.00. The summed E-state index contributed by atoms with van der Waals surface area (Å²) >= 11 is 0. The zero-order valence-corrected chi connectivity index (χ0v) is 10.6. The lowest BCUT2D eigenvalue weighted by Crippen LogP contribution is -2.33. The van der Waals surface area contributed by atoms with Crippen LogP contribution in [0.5, 0.6) is 0 Å². The molecular weight excluding hydrogens is 244 g/mol. The van der Waals surface area contributed by atoms with Crippen LogP contribution in [0.3, 0.4) is 0 Å². The zero-order valence-electron chi connectivity index (χ0n) is 10.6. The minimum absolute atomic E-state index is 0.229. The Labute approximate surface area is 108 Å². The number of hydrogen-bond acceptors (Lipinski definition) is 3. The van der Waals surface area contributed by atoms with Gasteiger partial charge in [-0.3, -0.25) is 4.79 Å². The molecule has 2 aromatic heterocycles. The van der Waals surface area contributed by atoms with E-state index in [0.717, 1.165) is 10.1 Å². The number of H-pyrrole nitrogens is 1. The van der Waals surface area contributed by atoms with Crippen molar-refractivity contribution in [3.8, 4) is 5.88 Å². The summed E-state index contributed by atoms with van der Waals surface area (Å²) in [6.07, 6.45) is 0. The number of benzene rings is 1. The molecule has 5 heteroatoms. The molecule has 2 heterocycles. The fourth-order valence-electron chi connectivity index (χ4n) is 2.07. The van der Waals surface area contributed by atoms with E-state index in [-0.39, 0.29) is 11.4 Å². The Morgan fingerprint density at radius 1 is 1.11 bits per heavy atom. The van der Waals surface area contributed by atoms with E-state index in [1.807, 2.05) is 13.0 Å². The maximum atomic E-state index is 12.4. The van der Waals surface area contributed by atoms with E-state index in [4.69, 9.17) is 4.42 Å². The van der Waals surface area contributed by atoms with E-state index < -0.39 is 5.69 Å². The van der Waals surface area contributed by atoms with Crippen LogP contribution >= 0.6 is 0 Å². The highest BCUT2D eigenvalue weighted by Gasteiger charge is 2.11. The van der Waals surface area contributed by atoms with Gasteiger partial charge in [0.05, 0.1) is 10.9 Å². The third kappa shape index (κ3) is 1.79. The van der Waals surface area contributed by atoms with Crippen molar-refractivity contribution in [2.75, 3.05) is 0 Å². The Hall–Kier alpha value is -2.56. The number of hydrogen-bond donors (Lipinski definition) is 1. The number of fused-ring (bicyclic) bond motifs is 1. The van der Waals surface area contributed by atoms with Gasteiger partial charge in [0.25, 0.3) is 5.56 Å². The van der Waals surface area contributed by atoms with Crippen LogP contribution in [0.4, 0.5) is 0 Å². The van der Waals surface area contributed by atoms with Crippen molar-refractivity contribution in [1.82, 2.24) is 9.55 Å². The second kappa shape index (κ2) is 3.98. The van der Waals surface area contributed by atoms with Gasteiger partial charge < -0.3 is 9.40 Å². The number of aromatic nitrogens is 2. The first-order valence-corrected chi connectivity index (χ1v) is 5.89. The third-order valence-corrected chi connectivity index (χ3v) is 3.00. The summed E-state index contributed by atoms with van der Waals surface area (Å²) < 4.78 is 6.36. The molecule has 3 rings (SSSR count). The number of aryl methyl sites for hydroxylation is 2. The fourth-order valence-corrected chi connectivity index (χ4v) is 2.07. The molecule has 0 aliphatic heterocycles. The van der Waals surface area contributed by atoms with Crippen molar-refractivity contribution >= 4 is 10.9 Å². The highest BCUT2D eigenvalue weighted by Crippen LogP contribution is 2.11. The lowest BCUT2D eigenvalue weighted by Gasteiger charge is -2.04. The molecule has 0 spiro atoms. The molecule has 96 valence electrons. The summed E-state index contributed by atoms with van der Waals surface area (Å²) in [6, 6.07) is 8.64. The second-order valence-electron chi connectivity index (χ2n) is 4.50. The van der Waals surface area contributed by atoms with Gasteiger partial charge in [-0.05, 0) is 32.0 Å². The van der Waals surface area contributed by atoms with Crippen molar-refractivity contribution < 1.29 is 4.42 Å². The van der Waals surface area contributed by atoms with Gasteiger partial charge in [0.2, 0.25) is 5.88 Å². The van der Waals surface area contributed by atoms with Crippen LogP contribution in [0.15, 0.2) is 44.3 Å². The Balaban J connectivity index is 2.43. The molecule has 1 N–H and O–H groups in total. The first-order chi connectivity index (χ1) is 9.06. The maximum Gasteiger partial charge on any atom is 0.335 e. The first-order valence-electron chi connectivity index (χ1n) is 5.89. The van der Waals surface area contributed by atoms with E-state index in [9.17, 15) is 9.59 Å². The Morgan fingerprint density at radius 2 is 1.89 bits per heavy atom. The molecule has 3 aromatic rings. The summed E-state index contributed by atoms with van der Waals surface area (Å²) in [7, 11) is 0. The fraction of sp³-hybridized carbons (Fsp3) is 0.143. The van der Waals surface area contributed by atoms with Gasteiger partial charge in [0.1, 0.15) is 5.76 Å². The Morgan fingerprint density at radius 3 is 2.58 bits per heavy atom. The van der Waals surface area contributed by atoms with Crippen LogP contribution in [-0.2, 0) is 0 Å². The van der Waals surface area contributed by atoms with Crippen molar-refractivity contribution in [3.05, 3.63) is 62.5 Å². The average Bonchev–Trinajstić information content (AvgIpc) is 2.77. The number of nitrogens with zero attached hydrogens (tertiary/aromatic N) is 1. The van der Waals surface area contributed by atoms with E-state index in [1.54, 1.807) is 31.2 Å². The molecular formula is C14H12N2O3. The molecule has 19 heavy (non-hydrogen) atoms. The normalized spacial score (nSPS) is 11.1. The molecule has 0 saturated carbocycles. The molecule has 0 saturated heterocycles. The van der Waals surface area contributed by atoms with E-state index >= 15 is 0 Å². The molecule has 0 atom stereocenters. The van der Waals surface area contributed by atoms with Crippen LogP contribution < -0.4 is 11.2 Å². The molecule has 0 aliphatic rings. The highest BCUT2D eigenvalue weighted by molar-refractivity contribution is 5.78. The predicted octanol–water partition coefficient (Wildman–Crippen LogP) is 1.89. The summed E-state index contributed by atoms with van der Waals surface area (Å²) in [5, 5.41) is 0.466. The van der Waals surface area contributed by atoms with Gasteiger partial charge in [0.15, 0.2) is 0 Å². The quantitative estimate of drug-likeness (QED) is 0.723. The van der Waals surface area contributed by atoms with Crippen molar-refractivity contribution in [2.45, 2.75) is 13.8 Å². The van der Waals surface area contributed by atoms with Crippen LogP contribution in [-0.4, -0.2) is 9.55 Å². The second-order valence-corrected chi connectivity index (χ2v) is 4.50. The smallest absolute Gasteiger partial charge is 0.335 e. The molecule has 0 aliphatic carbocycles. The van der Waals surface area contributed by atoms with Gasteiger partial charge in [0, 0.05) is 6.07 Å². The van der Waals surface area contributed by atoms with Crippen LogP contribution in [0.25, 0.3) is 16.8 Å². The molecule has 5 nitrogen and oxygen atoms in total. The standard InChI is InChI=1S/C14H12N2O3/c1-8-3-5-11-10(7-8)13(17)16(14(18)15-11)12-6-4-9(2)19-12/h3-7H,1-2H3,(H,15,18). The lowest BCUT2D eigenvalue weighted by atomic mass is 10.2. The topological polar surface area (TPSA) is 68.0 Å². The van der Waals surface area contributed by atoms with Crippen molar-refractivity contribution in [3.63, 3.8) is 0 Å². The molecule has 1 aromatic carbocycles. The lowest BCUT2D eigenvalue weighted by molar-refractivity contribution is 0.501. The van der Waals surface area contributed by atoms with Gasteiger partial charge in [-0.15, -0.1) is 0 Å². The van der Waals surface area contributed by atoms with Crippen LogP contribution in [0.1, 0.15) is 11.3 Å². The number of aromatic amines is 1. The van der Waals surface area contributed by atoms with Gasteiger partial charge in [-0.2, -0.15) is 4.57 Å². The maximum absolute atomic E-state index is 12.4. The van der Waals surface area contributed by atoms with E-state index in [0.29, 0.717) is 16.7 Å². The summed E-state index contributed by atoms with van der Waals surface area (Å²) in [5.74, 6) is 0.873. The molecule has 0 radical (unpaired) electrons. The predicted molar refractivity (Wildman–Crippen MR) is 71.9 cm³/mol. The zero-order chi connectivity index (χ0) is 13.6. The first kappa shape index (κ1) is 11.5. The monoisotopic (exact) mass is 256 g/mol. The van der Waals surface area contributed by atoms with Gasteiger partial charge in [-0.1, -0.05) is 11.6 Å². The van der Waals surface area contributed by atoms with Gasteiger partial charge >= 0.3 is 5.69 Å². The Bertz CT molecular complexity index is 884. The number of nitrogens with one attached hydrogen (secondary N) is 1. The van der Waals surface area contributed by atoms with Crippen LogP contribution in [0.2, 0.25) is 0 Å². The van der Waals surface area contributed by atoms with Gasteiger partial charge in [-0.25, -0.2) is 4.79 Å².